The summed E-state index contributed by atoms with van der Waals surface area (Å²) in [6.07, 6.45) is 3.92. The molecule has 0 aliphatic heterocycles. The maximum atomic E-state index is 12.8. The van der Waals surface area contributed by atoms with Crippen LogP contribution in [0.1, 0.15) is 32.1 Å². The Morgan fingerprint density at radius 3 is 2.38 bits per heavy atom. The highest BCUT2D eigenvalue weighted by atomic mass is 19.3. The fourth-order valence-corrected chi connectivity index (χ4v) is 1.87. The molecule has 0 aromatic heterocycles. The lowest BCUT2D eigenvalue weighted by Crippen LogP contribution is -2.57. The summed E-state index contributed by atoms with van der Waals surface area (Å²) in [5.74, 6) is -3.54. The Hall–Kier alpha value is -0.750. The summed E-state index contributed by atoms with van der Waals surface area (Å²) in [6.45, 7) is -1.51. The lowest BCUT2D eigenvalue weighted by atomic mass is 9.82. The van der Waals surface area contributed by atoms with Crippen LogP contribution in [-0.2, 0) is 4.79 Å². The molecule has 1 fully saturated rings. The molecule has 1 rings (SSSR count). The van der Waals surface area contributed by atoms with Crippen LogP contribution in [0.4, 0.5) is 8.78 Å². The highest BCUT2D eigenvalue weighted by molar-refractivity contribution is 5.86. The van der Waals surface area contributed by atoms with Gasteiger partial charge in [-0.3, -0.25) is 4.79 Å². The Balaban J connectivity index is 2.45. The van der Waals surface area contributed by atoms with Gasteiger partial charge >= 0.3 is 0 Å². The van der Waals surface area contributed by atoms with Crippen molar-refractivity contribution in [2.24, 2.45) is 11.5 Å². The second kappa shape index (κ2) is 5.05. The van der Waals surface area contributed by atoms with E-state index in [4.69, 9.17) is 11.5 Å². The van der Waals surface area contributed by atoms with E-state index >= 15 is 0 Å². The average molecular weight is 235 g/mol. The van der Waals surface area contributed by atoms with Crippen molar-refractivity contribution in [2.45, 2.75) is 43.6 Å². The van der Waals surface area contributed by atoms with Gasteiger partial charge in [0.05, 0.1) is 18.6 Å². The molecule has 1 amide bonds. The van der Waals surface area contributed by atoms with Gasteiger partial charge < -0.3 is 16.8 Å². The van der Waals surface area contributed by atoms with Gasteiger partial charge in [0.2, 0.25) is 5.91 Å². The number of halogens is 2. The largest absolute Gasteiger partial charge is 0.348 e. The van der Waals surface area contributed by atoms with Crippen molar-refractivity contribution in [1.29, 1.82) is 0 Å². The summed E-state index contributed by atoms with van der Waals surface area (Å²) < 4.78 is 25.6. The Labute approximate surface area is 93.7 Å². The Bertz CT molecular complexity index is 252. The second-order valence-electron chi connectivity index (χ2n) is 4.46. The van der Waals surface area contributed by atoms with Gasteiger partial charge in [-0.05, 0) is 12.8 Å². The molecule has 0 bridgehead atoms. The molecule has 0 saturated heterocycles. The molecular formula is C10H19F2N3O. The van der Waals surface area contributed by atoms with Crippen LogP contribution in [0, 0.1) is 0 Å². The fraction of sp³-hybridized carbons (Fsp3) is 0.900. The molecule has 0 spiro atoms. The van der Waals surface area contributed by atoms with E-state index in [1.54, 1.807) is 0 Å². The first-order chi connectivity index (χ1) is 7.40. The number of rotatable bonds is 4. The van der Waals surface area contributed by atoms with E-state index < -0.39 is 30.5 Å². The molecule has 94 valence electrons. The molecule has 6 heteroatoms. The minimum atomic E-state index is -3.05. The van der Waals surface area contributed by atoms with Crippen LogP contribution < -0.4 is 16.8 Å². The first-order valence-electron chi connectivity index (χ1n) is 5.55. The number of hydrogen-bond donors (Lipinski definition) is 3. The predicted octanol–water partition coefficient (Wildman–Crippen LogP) is 0.358. The number of hydrogen-bond acceptors (Lipinski definition) is 3. The van der Waals surface area contributed by atoms with Crippen molar-refractivity contribution in [3.8, 4) is 0 Å². The van der Waals surface area contributed by atoms with Gasteiger partial charge in [0, 0.05) is 0 Å². The number of nitrogens with two attached hydrogens (primary N) is 2. The van der Waals surface area contributed by atoms with Crippen LogP contribution in [0.15, 0.2) is 0 Å². The summed E-state index contributed by atoms with van der Waals surface area (Å²) >= 11 is 0. The molecule has 0 unspecified atom stereocenters. The summed E-state index contributed by atoms with van der Waals surface area (Å²) in [4.78, 5) is 11.7. The van der Waals surface area contributed by atoms with Crippen molar-refractivity contribution >= 4 is 5.91 Å². The van der Waals surface area contributed by atoms with Gasteiger partial charge in [-0.1, -0.05) is 19.3 Å². The van der Waals surface area contributed by atoms with Crippen LogP contribution >= 0.6 is 0 Å². The summed E-state index contributed by atoms with van der Waals surface area (Å²) in [5.41, 5.74) is 9.79. The van der Waals surface area contributed by atoms with Gasteiger partial charge in [0.25, 0.3) is 5.92 Å². The lowest BCUT2D eigenvalue weighted by Gasteiger charge is -2.32. The van der Waals surface area contributed by atoms with Crippen LogP contribution in [0.2, 0.25) is 0 Å². The van der Waals surface area contributed by atoms with Gasteiger partial charge in [-0.15, -0.1) is 0 Å². The molecule has 0 aromatic rings. The number of nitrogens with one attached hydrogen (secondary N) is 1. The van der Waals surface area contributed by atoms with Crippen LogP contribution in [0.5, 0.6) is 0 Å². The zero-order valence-electron chi connectivity index (χ0n) is 9.27. The lowest BCUT2D eigenvalue weighted by molar-refractivity contribution is -0.129. The molecule has 1 aliphatic carbocycles. The molecule has 5 N–H and O–H groups in total. The Morgan fingerprint density at radius 1 is 1.31 bits per heavy atom. The maximum Gasteiger partial charge on any atom is 0.277 e. The van der Waals surface area contributed by atoms with E-state index in [0.29, 0.717) is 12.8 Å². The van der Waals surface area contributed by atoms with E-state index in [9.17, 15) is 13.6 Å². The topological polar surface area (TPSA) is 81.1 Å². The average Bonchev–Trinajstić information content (AvgIpc) is 2.27. The fourth-order valence-electron chi connectivity index (χ4n) is 1.87. The second-order valence-corrected chi connectivity index (χ2v) is 4.46. The summed E-state index contributed by atoms with van der Waals surface area (Å²) in [5, 5.41) is 2.19. The quantitative estimate of drug-likeness (QED) is 0.658. The number of carbonyl (C=O) groups is 1. The molecule has 1 saturated carbocycles. The maximum absolute atomic E-state index is 12.8. The normalized spacial score (nSPS) is 20.5. The zero-order chi connectivity index (χ0) is 12.2. The minimum Gasteiger partial charge on any atom is -0.348 e. The smallest absolute Gasteiger partial charge is 0.277 e. The van der Waals surface area contributed by atoms with Gasteiger partial charge in [0.15, 0.2) is 0 Å². The number of alkyl halides is 2. The van der Waals surface area contributed by atoms with Crippen LogP contribution in [0.25, 0.3) is 0 Å². The summed E-state index contributed by atoms with van der Waals surface area (Å²) in [6, 6.07) is 0. The van der Waals surface area contributed by atoms with E-state index in [2.05, 4.69) is 5.32 Å². The van der Waals surface area contributed by atoms with Crippen molar-refractivity contribution in [3.63, 3.8) is 0 Å². The third kappa shape index (κ3) is 3.38. The molecule has 4 nitrogen and oxygen atoms in total. The third-order valence-corrected chi connectivity index (χ3v) is 3.00. The highest BCUT2D eigenvalue weighted by Crippen LogP contribution is 2.26. The highest BCUT2D eigenvalue weighted by Gasteiger charge is 2.37. The van der Waals surface area contributed by atoms with E-state index in [1.807, 2.05) is 0 Å². The van der Waals surface area contributed by atoms with E-state index in [-0.39, 0.29) is 0 Å². The molecule has 1 aliphatic rings. The van der Waals surface area contributed by atoms with Crippen LogP contribution in [0.3, 0.4) is 0 Å². The van der Waals surface area contributed by atoms with Gasteiger partial charge in [0.1, 0.15) is 0 Å². The number of carbonyl (C=O) groups excluding carboxylic acids is 1. The standard InChI is InChI=1S/C10H19F2N3O/c11-10(12,6-13)7-15-8(16)9(14)4-2-1-3-5-9/h1-7,13-14H2,(H,15,16). The van der Waals surface area contributed by atoms with Crippen molar-refractivity contribution in [3.05, 3.63) is 0 Å². The molecule has 0 heterocycles. The minimum absolute atomic E-state index is 0.486. The van der Waals surface area contributed by atoms with E-state index in [1.165, 1.54) is 0 Å². The SMILES string of the molecule is NCC(F)(F)CNC(=O)C1(N)CCCCC1. The van der Waals surface area contributed by atoms with Gasteiger partial charge in [-0.25, -0.2) is 8.78 Å². The summed E-state index contributed by atoms with van der Waals surface area (Å²) in [7, 11) is 0. The number of amides is 1. The molecule has 0 radical (unpaired) electrons. The first kappa shape index (κ1) is 13.3. The molecule has 0 aromatic carbocycles. The Morgan fingerprint density at radius 2 is 1.88 bits per heavy atom. The molecule has 0 atom stereocenters. The Kier molecular flexibility index (Phi) is 4.21. The molecule has 16 heavy (non-hydrogen) atoms. The van der Waals surface area contributed by atoms with Crippen molar-refractivity contribution in [1.82, 2.24) is 5.32 Å². The van der Waals surface area contributed by atoms with Crippen molar-refractivity contribution in [2.75, 3.05) is 13.1 Å². The van der Waals surface area contributed by atoms with Crippen LogP contribution in [-0.4, -0.2) is 30.5 Å². The predicted molar refractivity (Wildman–Crippen MR) is 57.0 cm³/mol. The first-order valence-corrected chi connectivity index (χ1v) is 5.55. The molecular weight excluding hydrogens is 216 g/mol. The van der Waals surface area contributed by atoms with Gasteiger partial charge in [-0.2, -0.15) is 0 Å². The third-order valence-electron chi connectivity index (χ3n) is 3.00. The van der Waals surface area contributed by atoms with Crippen molar-refractivity contribution < 1.29 is 13.6 Å². The zero-order valence-corrected chi connectivity index (χ0v) is 9.27. The van der Waals surface area contributed by atoms with E-state index in [0.717, 1.165) is 19.3 Å². The monoisotopic (exact) mass is 235 g/mol.